The first-order valence-corrected chi connectivity index (χ1v) is 6.01. The monoisotopic (exact) mass is 251 g/mol. The summed E-state index contributed by atoms with van der Waals surface area (Å²) in [5.41, 5.74) is -0.735. The summed E-state index contributed by atoms with van der Waals surface area (Å²) in [4.78, 5) is 0. The molecule has 18 heavy (non-hydrogen) atoms. The first-order valence-electron chi connectivity index (χ1n) is 6.01. The fourth-order valence-corrected chi connectivity index (χ4v) is 2.63. The predicted octanol–water partition coefficient (Wildman–Crippen LogP) is 3.32. The van der Waals surface area contributed by atoms with Crippen LogP contribution in [-0.2, 0) is 10.2 Å². The molecule has 0 atom stereocenters. The minimum absolute atomic E-state index is 0.114. The fraction of sp³-hybridized carbons (Fsp3) is 0.500. The van der Waals surface area contributed by atoms with Crippen molar-refractivity contribution in [2.75, 3.05) is 7.11 Å². The van der Waals surface area contributed by atoms with Crippen molar-refractivity contribution < 1.29 is 13.5 Å². The van der Waals surface area contributed by atoms with Gasteiger partial charge in [0.15, 0.2) is 0 Å². The van der Waals surface area contributed by atoms with Crippen molar-refractivity contribution in [1.82, 2.24) is 0 Å². The third-order valence-corrected chi connectivity index (χ3v) is 3.78. The molecule has 0 amide bonds. The summed E-state index contributed by atoms with van der Waals surface area (Å²) in [6.45, 7) is 0. The number of ether oxygens (including phenoxy) is 1. The largest absolute Gasteiger partial charge is 0.381 e. The van der Waals surface area contributed by atoms with Crippen molar-refractivity contribution in [3.05, 3.63) is 35.4 Å². The highest BCUT2D eigenvalue weighted by atomic mass is 19.1. The SMILES string of the molecule is CO[C@H]1CC[C@](C#N)(c2cc(F)ccc2F)CC1. The second-order valence-electron chi connectivity index (χ2n) is 4.75. The molecular formula is C14H15F2NO. The van der Waals surface area contributed by atoms with Gasteiger partial charge in [-0.25, -0.2) is 8.78 Å². The van der Waals surface area contributed by atoms with Gasteiger partial charge in [0.2, 0.25) is 0 Å². The highest BCUT2D eigenvalue weighted by molar-refractivity contribution is 5.34. The summed E-state index contributed by atoms with van der Waals surface area (Å²) in [5, 5.41) is 9.39. The van der Waals surface area contributed by atoms with E-state index in [0.29, 0.717) is 25.7 Å². The smallest absolute Gasteiger partial charge is 0.128 e. The second-order valence-corrected chi connectivity index (χ2v) is 4.75. The van der Waals surface area contributed by atoms with Gasteiger partial charge in [-0.1, -0.05) is 0 Å². The number of hydrogen-bond acceptors (Lipinski definition) is 2. The van der Waals surface area contributed by atoms with Gasteiger partial charge in [-0.3, -0.25) is 0 Å². The number of rotatable bonds is 2. The quantitative estimate of drug-likeness (QED) is 0.807. The van der Waals surface area contributed by atoms with Gasteiger partial charge in [0.05, 0.1) is 17.6 Å². The fourth-order valence-electron chi connectivity index (χ4n) is 2.63. The molecule has 1 aliphatic carbocycles. The van der Waals surface area contributed by atoms with Crippen molar-refractivity contribution in [3.63, 3.8) is 0 Å². The maximum atomic E-state index is 13.8. The molecule has 0 heterocycles. The Morgan fingerprint density at radius 1 is 1.33 bits per heavy atom. The molecule has 2 rings (SSSR count). The van der Waals surface area contributed by atoms with E-state index >= 15 is 0 Å². The highest BCUT2D eigenvalue weighted by Crippen LogP contribution is 2.40. The molecule has 0 spiro atoms. The van der Waals surface area contributed by atoms with E-state index in [1.807, 2.05) is 0 Å². The molecular weight excluding hydrogens is 236 g/mol. The van der Waals surface area contributed by atoms with Crippen LogP contribution in [0.15, 0.2) is 18.2 Å². The van der Waals surface area contributed by atoms with Crippen molar-refractivity contribution >= 4 is 0 Å². The van der Waals surface area contributed by atoms with Crippen LogP contribution in [0.2, 0.25) is 0 Å². The Hall–Kier alpha value is -1.47. The molecule has 0 radical (unpaired) electrons. The van der Waals surface area contributed by atoms with Crippen LogP contribution in [0.5, 0.6) is 0 Å². The lowest BCUT2D eigenvalue weighted by molar-refractivity contribution is 0.0568. The second kappa shape index (κ2) is 5.03. The van der Waals surface area contributed by atoms with Gasteiger partial charge in [0.1, 0.15) is 11.6 Å². The van der Waals surface area contributed by atoms with Gasteiger partial charge in [-0.15, -0.1) is 0 Å². The average Bonchev–Trinajstić information content (AvgIpc) is 2.41. The van der Waals surface area contributed by atoms with Gasteiger partial charge in [0.25, 0.3) is 0 Å². The zero-order valence-electron chi connectivity index (χ0n) is 10.2. The van der Waals surface area contributed by atoms with E-state index in [1.54, 1.807) is 7.11 Å². The van der Waals surface area contributed by atoms with E-state index in [4.69, 9.17) is 4.74 Å². The van der Waals surface area contributed by atoms with E-state index in [0.717, 1.165) is 18.2 Å². The van der Waals surface area contributed by atoms with Crippen LogP contribution in [0.3, 0.4) is 0 Å². The van der Waals surface area contributed by atoms with Crippen molar-refractivity contribution in [3.8, 4) is 6.07 Å². The van der Waals surface area contributed by atoms with Crippen LogP contribution in [0.25, 0.3) is 0 Å². The normalized spacial score (nSPS) is 27.8. The molecule has 1 aliphatic rings. The standard InChI is InChI=1S/C14H15F2NO/c1-18-11-4-6-14(9-17,7-5-11)12-8-10(15)2-3-13(12)16/h2-3,8,11H,4-7H2,1H3/t11-,14-. The highest BCUT2D eigenvalue weighted by Gasteiger charge is 2.39. The number of nitrogens with zero attached hydrogens (tertiary/aromatic N) is 1. The number of benzene rings is 1. The number of hydrogen-bond donors (Lipinski definition) is 0. The minimum atomic E-state index is -0.915. The van der Waals surface area contributed by atoms with Gasteiger partial charge >= 0.3 is 0 Å². The molecule has 1 fully saturated rings. The molecule has 0 unspecified atom stereocenters. The van der Waals surface area contributed by atoms with Crippen LogP contribution in [-0.4, -0.2) is 13.2 Å². The molecule has 0 aromatic heterocycles. The average molecular weight is 251 g/mol. The van der Waals surface area contributed by atoms with Crippen LogP contribution in [0.1, 0.15) is 31.2 Å². The lowest BCUT2D eigenvalue weighted by atomic mass is 9.69. The van der Waals surface area contributed by atoms with Crippen molar-refractivity contribution in [1.29, 1.82) is 5.26 Å². The maximum Gasteiger partial charge on any atom is 0.128 e. The van der Waals surface area contributed by atoms with Gasteiger partial charge in [-0.2, -0.15) is 5.26 Å². The van der Waals surface area contributed by atoms with Crippen LogP contribution >= 0.6 is 0 Å². The van der Waals surface area contributed by atoms with E-state index in [1.165, 1.54) is 0 Å². The maximum absolute atomic E-state index is 13.8. The third-order valence-electron chi connectivity index (χ3n) is 3.78. The topological polar surface area (TPSA) is 33.0 Å². The van der Waals surface area contributed by atoms with Crippen LogP contribution in [0.4, 0.5) is 8.78 Å². The van der Waals surface area contributed by atoms with E-state index in [2.05, 4.69) is 6.07 Å². The molecule has 96 valence electrons. The van der Waals surface area contributed by atoms with E-state index in [-0.39, 0.29) is 11.7 Å². The van der Waals surface area contributed by atoms with Gasteiger partial charge < -0.3 is 4.74 Å². The van der Waals surface area contributed by atoms with Gasteiger partial charge in [-0.05, 0) is 43.9 Å². The van der Waals surface area contributed by atoms with Crippen molar-refractivity contribution in [2.45, 2.75) is 37.2 Å². The number of methoxy groups -OCH3 is 1. The zero-order chi connectivity index (χ0) is 13.2. The molecule has 1 aromatic carbocycles. The Bertz CT molecular complexity index is 473. The first-order chi connectivity index (χ1) is 8.61. The molecule has 2 nitrogen and oxygen atoms in total. The Morgan fingerprint density at radius 3 is 2.56 bits per heavy atom. The summed E-state index contributed by atoms with van der Waals surface area (Å²) in [7, 11) is 1.63. The number of halogens is 2. The molecule has 0 aliphatic heterocycles. The Labute approximate surface area is 105 Å². The van der Waals surface area contributed by atoms with Crippen molar-refractivity contribution in [2.24, 2.45) is 0 Å². The summed E-state index contributed by atoms with van der Waals surface area (Å²) in [6.07, 6.45) is 2.51. The van der Waals surface area contributed by atoms with E-state index < -0.39 is 17.0 Å². The summed E-state index contributed by atoms with van der Waals surface area (Å²) in [5.74, 6) is -1.01. The Kier molecular flexibility index (Phi) is 3.63. The predicted molar refractivity (Wildman–Crippen MR) is 62.9 cm³/mol. The van der Waals surface area contributed by atoms with Crippen LogP contribution in [0, 0.1) is 23.0 Å². The molecule has 1 aromatic rings. The first kappa shape index (κ1) is 13.0. The third kappa shape index (κ3) is 2.23. The summed E-state index contributed by atoms with van der Waals surface area (Å²) >= 11 is 0. The van der Waals surface area contributed by atoms with Crippen LogP contribution < -0.4 is 0 Å². The molecule has 4 heteroatoms. The lowest BCUT2D eigenvalue weighted by Crippen LogP contribution is -2.34. The van der Waals surface area contributed by atoms with E-state index in [9.17, 15) is 14.0 Å². The Balaban J connectivity index is 2.34. The minimum Gasteiger partial charge on any atom is -0.381 e. The summed E-state index contributed by atoms with van der Waals surface area (Å²) < 4.78 is 32.3. The van der Waals surface area contributed by atoms with Gasteiger partial charge in [0, 0.05) is 12.7 Å². The summed E-state index contributed by atoms with van der Waals surface area (Å²) in [6, 6.07) is 5.49. The lowest BCUT2D eigenvalue weighted by Gasteiger charge is -2.34. The molecule has 0 saturated heterocycles. The zero-order valence-corrected chi connectivity index (χ0v) is 10.2. The Morgan fingerprint density at radius 2 is 2.00 bits per heavy atom. The molecule has 1 saturated carbocycles. The molecule has 0 N–H and O–H groups in total. The number of nitriles is 1. The molecule has 0 bridgehead atoms.